The lowest BCUT2D eigenvalue weighted by Gasteiger charge is -2.27. The zero-order chi connectivity index (χ0) is 16.4. The average Bonchev–Trinajstić information content (AvgIpc) is 2.96. The number of sulfonamides is 1. The number of hydrogen-bond donors (Lipinski definition) is 3. The summed E-state index contributed by atoms with van der Waals surface area (Å²) >= 11 is 0.967. The molecule has 1 atom stereocenters. The van der Waals surface area contributed by atoms with Crippen LogP contribution >= 0.6 is 11.7 Å². The van der Waals surface area contributed by atoms with Gasteiger partial charge in [-0.3, -0.25) is 4.90 Å². The van der Waals surface area contributed by atoms with E-state index in [1.807, 2.05) is 4.90 Å². The molecular weight excluding hydrogens is 340 g/mol. The second-order valence-corrected chi connectivity index (χ2v) is 7.36. The maximum atomic E-state index is 12.5. The topological polar surface area (TPSA) is 120 Å². The Morgan fingerprint density at radius 3 is 3.00 bits per heavy atom. The van der Waals surface area contributed by atoms with Crippen molar-refractivity contribution in [2.75, 3.05) is 19.9 Å². The van der Waals surface area contributed by atoms with Gasteiger partial charge >= 0.3 is 0 Å². The Morgan fingerprint density at radius 1 is 1.48 bits per heavy atom. The van der Waals surface area contributed by atoms with Crippen molar-refractivity contribution in [3.8, 4) is 0 Å². The maximum absolute atomic E-state index is 12.5. The zero-order valence-electron chi connectivity index (χ0n) is 12.3. The average molecular weight is 356 g/mol. The van der Waals surface area contributed by atoms with E-state index in [1.165, 1.54) is 6.07 Å². The van der Waals surface area contributed by atoms with E-state index in [4.69, 9.17) is 0 Å². The van der Waals surface area contributed by atoms with Crippen LogP contribution in [0, 0.1) is 0 Å². The first-order valence-electron chi connectivity index (χ1n) is 6.88. The van der Waals surface area contributed by atoms with Crippen molar-refractivity contribution in [1.82, 2.24) is 23.7 Å². The first kappa shape index (κ1) is 16.1. The fourth-order valence-corrected chi connectivity index (χ4v) is 3.98. The van der Waals surface area contributed by atoms with Gasteiger partial charge in [-0.15, -0.1) is 0 Å². The third kappa shape index (κ3) is 3.58. The summed E-state index contributed by atoms with van der Waals surface area (Å²) in [5.41, 5.74) is 0.886. The highest BCUT2D eigenvalue weighted by atomic mass is 32.2. The molecule has 124 valence electrons. The van der Waals surface area contributed by atoms with Crippen molar-refractivity contribution >= 4 is 38.7 Å². The number of aliphatic imine (C=N–C) groups is 1. The molecule has 0 aliphatic carbocycles. The van der Waals surface area contributed by atoms with Gasteiger partial charge in [0.25, 0.3) is 10.0 Å². The van der Waals surface area contributed by atoms with Crippen LogP contribution in [0.15, 0.2) is 28.1 Å². The first-order valence-corrected chi connectivity index (χ1v) is 9.10. The normalized spacial score (nSPS) is 17.6. The molecule has 0 bridgehead atoms. The van der Waals surface area contributed by atoms with Crippen molar-refractivity contribution in [2.45, 2.75) is 17.9 Å². The molecule has 0 spiro atoms. The predicted molar refractivity (Wildman–Crippen MR) is 86.4 cm³/mol. The molecule has 0 radical (unpaired) electrons. The Kier molecular flexibility index (Phi) is 4.43. The number of benzene rings is 1. The summed E-state index contributed by atoms with van der Waals surface area (Å²) in [7, 11) is -3.80. The lowest BCUT2D eigenvalue weighted by atomic mass is 10.3. The summed E-state index contributed by atoms with van der Waals surface area (Å²) < 4.78 is 35.5. The van der Waals surface area contributed by atoms with E-state index in [2.05, 4.69) is 23.8 Å². The van der Waals surface area contributed by atoms with E-state index in [-0.39, 0.29) is 10.9 Å². The standard InChI is InChI=1S/C12H16N6O3S2/c1-8(19)5-18-6-13-12(14-7-18)17-23(20,21)10-4-2-3-9-11(10)16-22-15-9/h2-4,8,19H,5-7H2,1H3,(H2,13,14,17)/t8-/m0/s1. The Balaban J connectivity index is 1.77. The van der Waals surface area contributed by atoms with Crippen molar-refractivity contribution in [1.29, 1.82) is 0 Å². The highest BCUT2D eigenvalue weighted by Gasteiger charge is 2.23. The van der Waals surface area contributed by atoms with Crippen LogP contribution in [-0.2, 0) is 10.0 Å². The quantitative estimate of drug-likeness (QED) is 0.677. The van der Waals surface area contributed by atoms with Crippen LogP contribution < -0.4 is 10.0 Å². The molecule has 1 aliphatic rings. The molecule has 11 heteroatoms. The monoisotopic (exact) mass is 356 g/mol. The lowest BCUT2D eigenvalue weighted by molar-refractivity contribution is 0.123. The molecule has 23 heavy (non-hydrogen) atoms. The Morgan fingerprint density at radius 2 is 2.30 bits per heavy atom. The minimum absolute atomic E-state index is 0.0691. The molecule has 1 aliphatic heterocycles. The van der Waals surface area contributed by atoms with Crippen molar-refractivity contribution in [3.05, 3.63) is 18.2 Å². The van der Waals surface area contributed by atoms with E-state index in [0.29, 0.717) is 30.9 Å². The molecule has 2 aromatic rings. The largest absolute Gasteiger partial charge is 0.392 e. The van der Waals surface area contributed by atoms with E-state index >= 15 is 0 Å². The summed E-state index contributed by atoms with van der Waals surface area (Å²) in [6.45, 7) is 2.84. The second kappa shape index (κ2) is 6.35. The molecule has 9 nitrogen and oxygen atoms in total. The number of guanidine groups is 1. The van der Waals surface area contributed by atoms with Crippen LogP contribution in [0.5, 0.6) is 0 Å². The molecule has 0 saturated carbocycles. The third-order valence-corrected chi connectivity index (χ3v) is 5.10. The van der Waals surface area contributed by atoms with Crippen LogP contribution in [-0.4, -0.2) is 59.1 Å². The molecule has 2 heterocycles. The van der Waals surface area contributed by atoms with Crippen LogP contribution in [0.25, 0.3) is 11.0 Å². The van der Waals surface area contributed by atoms with Gasteiger partial charge in [0.15, 0.2) is 0 Å². The molecule has 3 N–H and O–H groups in total. The van der Waals surface area contributed by atoms with Crippen LogP contribution in [0.3, 0.4) is 0 Å². The van der Waals surface area contributed by atoms with Gasteiger partial charge < -0.3 is 10.4 Å². The zero-order valence-corrected chi connectivity index (χ0v) is 13.9. The highest BCUT2D eigenvalue weighted by Crippen LogP contribution is 2.20. The summed E-state index contributed by atoms with van der Waals surface area (Å²) in [6, 6.07) is 4.82. The first-order chi connectivity index (χ1) is 11.0. The van der Waals surface area contributed by atoms with Crippen LogP contribution in [0.4, 0.5) is 0 Å². The van der Waals surface area contributed by atoms with Crippen molar-refractivity contribution in [3.63, 3.8) is 0 Å². The molecule has 0 amide bonds. The molecular formula is C12H16N6O3S2. The number of nitrogens with one attached hydrogen (secondary N) is 2. The number of nitrogens with zero attached hydrogens (tertiary/aromatic N) is 4. The number of aliphatic hydroxyl groups is 1. The minimum Gasteiger partial charge on any atom is -0.392 e. The van der Waals surface area contributed by atoms with Gasteiger partial charge in [0, 0.05) is 6.54 Å². The van der Waals surface area contributed by atoms with Gasteiger partial charge in [-0.25, -0.2) is 18.1 Å². The molecule has 1 aromatic carbocycles. The van der Waals surface area contributed by atoms with E-state index < -0.39 is 16.1 Å². The van der Waals surface area contributed by atoms with E-state index in [1.54, 1.807) is 19.1 Å². The number of aliphatic hydroxyl groups excluding tert-OH is 1. The summed E-state index contributed by atoms with van der Waals surface area (Å²) in [6.07, 6.45) is -0.472. The van der Waals surface area contributed by atoms with Gasteiger partial charge in [0.05, 0.1) is 31.2 Å². The lowest BCUT2D eigenvalue weighted by Crippen LogP contribution is -2.51. The summed E-state index contributed by atoms with van der Waals surface area (Å²) in [5, 5.41) is 12.2. The fraction of sp³-hybridized carbons (Fsp3) is 0.417. The van der Waals surface area contributed by atoms with Crippen LogP contribution in [0.2, 0.25) is 0 Å². The van der Waals surface area contributed by atoms with Gasteiger partial charge in [-0.2, -0.15) is 8.75 Å². The SMILES string of the molecule is C[C@H](O)CN1CN=C(NS(=O)(=O)c2cccc3nsnc23)NC1. The molecule has 0 unspecified atom stereocenters. The predicted octanol–water partition coefficient (Wildman–Crippen LogP) is -0.473. The minimum atomic E-state index is -3.80. The van der Waals surface area contributed by atoms with Crippen molar-refractivity contribution in [2.24, 2.45) is 4.99 Å². The molecule has 0 fully saturated rings. The number of β-amino-alcohol motifs (C(OH)–C–C–N with tert-alkyl or cyclic N) is 1. The number of fused-ring (bicyclic) bond motifs is 1. The van der Waals surface area contributed by atoms with Gasteiger partial charge in [0.2, 0.25) is 5.96 Å². The number of rotatable bonds is 4. The van der Waals surface area contributed by atoms with Crippen LogP contribution in [0.1, 0.15) is 6.92 Å². The Hall–Kier alpha value is -1.82. The molecule has 3 rings (SSSR count). The van der Waals surface area contributed by atoms with Gasteiger partial charge in [0.1, 0.15) is 15.9 Å². The van der Waals surface area contributed by atoms with E-state index in [0.717, 1.165) is 11.7 Å². The Bertz CT molecular complexity index is 832. The highest BCUT2D eigenvalue weighted by molar-refractivity contribution is 7.90. The number of aromatic nitrogens is 2. The molecule has 1 aromatic heterocycles. The third-order valence-electron chi connectivity index (χ3n) is 3.19. The second-order valence-electron chi connectivity index (χ2n) is 5.18. The Labute approximate surface area is 137 Å². The number of hydrogen-bond acceptors (Lipinski definition) is 9. The van der Waals surface area contributed by atoms with E-state index in [9.17, 15) is 13.5 Å². The summed E-state index contributed by atoms with van der Waals surface area (Å²) in [4.78, 5) is 6.06. The molecule has 0 saturated heterocycles. The van der Waals surface area contributed by atoms with Gasteiger partial charge in [-0.1, -0.05) is 6.07 Å². The fourth-order valence-electron chi connectivity index (χ4n) is 2.21. The van der Waals surface area contributed by atoms with Crippen molar-refractivity contribution < 1.29 is 13.5 Å². The van der Waals surface area contributed by atoms with Gasteiger partial charge in [-0.05, 0) is 19.1 Å². The maximum Gasteiger partial charge on any atom is 0.266 e. The summed E-state index contributed by atoms with van der Waals surface area (Å²) in [5.74, 6) is 0.173. The smallest absolute Gasteiger partial charge is 0.266 e.